The maximum absolute atomic E-state index is 6.08. The molecule has 1 saturated carbocycles. The maximum Gasteiger partial charge on any atom is 0.293 e. The summed E-state index contributed by atoms with van der Waals surface area (Å²) >= 11 is 1.87. The van der Waals surface area contributed by atoms with Crippen molar-refractivity contribution in [1.29, 1.82) is 0 Å². The zero-order chi connectivity index (χ0) is 20.9. The zero-order valence-corrected chi connectivity index (χ0v) is 18.7. The van der Waals surface area contributed by atoms with Crippen LogP contribution in [-0.4, -0.2) is 42.0 Å². The predicted molar refractivity (Wildman–Crippen MR) is 127 cm³/mol. The third kappa shape index (κ3) is 5.09. The summed E-state index contributed by atoms with van der Waals surface area (Å²) in [5, 5.41) is 0. The molecule has 2 aliphatic heterocycles. The number of ether oxygens (including phenoxy) is 2. The van der Waals surface area contributed by atoms with E-state index >= 15 is 0 Å². The van der Waals surface area contributed by atoms with E-state index in [1.807, 2.05) is 18.0 Å². The van der Waals surface area contributed by atoms with Crippen molar-refractivity contribution in [3.8, 4) is 5.75 Å². The van der Waals surface area contributed by atoms with Gasteiger partial charge in [-0.1, -0.05) is 49.6 Å². The SMILES string of the molecule is C1=CC(CSc2ccccc2)N2C[C@@H](COc3ccc(C4CCCCC4)cc3)OC2=N1. The van der Waals surface area contributed by atoms with Gasteiger partial charge in [-0.05, 0) is 54.7 Å². The summed E-state index contributed by atoms with van der Waals surface area (Å²) in [5.41, 5.74) is 1.46. The van der Waals surface area contributed by atoms with Crippen LogP contribution in [0.15, 0.2) is 76.8 Å². The van der Waals surface area contributed by atoms with E-state index in [9.17, 15) is 0 Å². The molecule has 5 rings (SSSR count). The Morgan fingerprint density at radius 2 is 1.81 bits per heavy atom. The largest absolute Gasteiger partial charge is 0.490 e. The Morgan fingerprint density at radius 3 is 2.61 bits per heavy atom. The van der Waals surface area contributed by atoms with Gasteiger partial charge in [-0.15, -0.1) is 11.8 Å². The fourth-order valence-corrected chi connectivity index (χ4v) is 5.64. The molecule has 1 unspecified atom stereocenters. The van der Waals surface area contributed by atoms with E-state index in [0.717, 1.165) is 30.0 Å². The molecule has 2 aromatic rings. The molecule has 2 aromatic carbocycles. The van der Waals surface area contributed by atoms with Crippen LogP contribution in [0.3, 0.4) is 0 Å². The van der Waals surface area contributed by atoms with Crippen molar-refractivity contribution >= 4 is 17.8 Å². The molecule has 2 fully saturated rings. The highest BCUT2D eigenvalue weighted by atomic mass is 32.2. The van der Waals surface area contributed by atoms with Crippen LogP contribution in [0, 0.1) is 0 Å². The monoisotopic (exact) mass is 434 g/mol. The Balaban J connectivity index is 1.12. The minimum Gasteiger partial charge on any atom is -0.490 e. The Hall–Kier alpha value is -2.40. The molecular weight excluding hydrogens is 404 g/mol. The van der Waals surface area contributed by atoms with Crippen molar-refractivity contribution in [2.45, 2.75) is 55.1 Å². The minimum atomic E-state index is 0.000830. The number of rotatable bonds is 7. The van der Waals surface area contributed by atoms with Crippen molar-refractivity contribution in [2.75, 3.05) is 18.9 Å². The van der Waals surface area contributed by atoms with Crippen molar-refractivity contribution < 1.29 is 9.47 Å². The first-order chi connectivity index (χ1) is 15.3. The number of thioether (sulfide) groups is 1. The second-order valence-electron chi connectivity index (χ2n) is 8.55. The number of hydrogen-bond donors (Lipinski definition) is 0. The van der Waals surface area contributed by atoms with Gasteiger partial charge >= 0.3 is 0 Å². The van der Waals surface area contributed by atoms with Gasteiger partial charge in [0.05, 0.1) is 12.6 Å². The van der Waals surface area contributed by atoms with E-state index in [1.165, 1.54) is 42.6 Å². The van der Waals surface area contributed by atoms with Crippen molar-refractivity contribution in [3.63, 3.8) is 0 Å². The number of nitrogens with zero attached hydrogens (tertiary/aromatic N) is 2. The number of hydrogen-bond acceptors (Lipinski definition) is 5. The molecule has 2 heterocycles. The maximum atomic E-state index is 6.08. The lowest BCUT2D eigenvalue weighted by Crippen LogP contribution is -2.39. The standard InChI is InChI=1S/C26H30N2O2S/c1-3-7-20(8-4-1)21-11-13-23(14-12-21)29-18-24-17-28-22(15-16-27-26(28)30-24)19-31-25-9-5-2-6-10-25/h2,5-6,9-16,20,22,24H,1,3-4,7-8,17-19H2/t22?,24-/m0/s1. The molecule has 4 nitrogen and oxygen atoms in total. The Labute approximate surface area is 189 Å². The van der Waals surface area contributed by atoms with Gasteiger partial charge in [-0.2, -0.15) is 0 Å². The van der Waals surface area contributed by atoms with E-state index in [0.29, 0.717) is 6.61 Å². The zero-order valence-electron chi connectivity index (χ0n) is 17.9. The smallest absolute Gasteiger partial charge is 0.293 e. The van der Waals surface area contributed by atoms with Gasteiger partial charge in [0, 0.05) is 16.8 Å². The third-order valence-electron chi connectivity index (χ3n) is 6.37. The first kappa shape index (κ1) is 20.5. The van der Waals surface area contributed by atoms with Gasteiger partial charge in [-0.25, -0.2) is 4.99 Å². The third-order valence-corrected chi connectivity index (χ3v) is 7.48. The highest BCUT2D eigenvalue weighted by Gasteiger charge is 2.35. The summed E-state index contributed by atoms with van der Waals surface area (Å²) < 4.78 is 12.1. The average Bonchev–Trinajstić information content (AvgIpc) is 3.27. The van der Waals surface area contributed by atoms with Crippen LogP contribution < -0.4 is 4.74 Å². The second-order valence-corrected chi connectivity index (χ2v) is 9.65. The lowest BCUT2D eigenvalue weighted by molar-refractivity contribution is 0.145. The topological polar surface area (TPSA) is 34.1 Å². The molecule has 3 aliphatic rings. The molecule has 2 atom stereocenters. The van der Waals surface area contributed by atoms with Gasteiger partial charge in [0.1, 0.15) is 12.4 Å². The van der Waals surface area contributed by atoms with Crippen molar-refractivity contribution in [1.82, 2.24) is 4.90 Å². The van der Waals surface area contributed by atoms with Gasteiger partial charge in [0.15, 0.2) is 6.10 Å². The number of fused-ring (bicyclic) bond motifs is 1. The van der Waals surface area contributed by atoms with Crippen LogP contribution in [0.25, 0.3) is 0 Å². The number of aliphatic imine (C=N–C) groups is 1. The molecule has 31 heavy (non-hydrogen) atoms. The normalized spacial score (nSPS) is 23.2. The summed E-state index contributed by atoms with van der Waals surface area (Å²) in [6.45, 7) is 1.35. The predicted octanol–water partition coefficient (Wildman–Crippen LogP) is 5.86. The Bertz CT molecular complexity index is 907. The van der Waals surface area contributed by atoms with Crippen LogP contribution in [0.1, 0.15) is 43.6 Å². The highest BCUT2D eigenvalue weighted by Crippen LogP contribution is 2.33. The first-order valence-corrected chi connectivity index (χ1v) is 12.4. The van der Waals surface area contributed by atoms with Gasteiger partial charge < -0.3 is 14.4 Å². The number of benzene rings is 2. The lowest BCUT2D eigenvalue weighted by atomic mass is 9.84. The molecular formula is C26H30N2O2S. The molecule has 1 saturated heterocycles. The van der Waals surface area contributed by atoms with E-state index in [4.69, 9.17) is 9.47 Å². The lowest BCUT2D eigenvalue weighted by Gasteiger charge is -2.26. The highest BCUT2D eigenvalue weighted by molar-refractivity contribution is 7.99. The van der Waals surface area contributed by atoms with Gasteiger partial charge in [-0.3, -0.25) is 0 Å². The second kappa shape index (κ2) is 9.82. The van der Waals surface area contributed by atoms with Crippen LogP contribution in [0.4, 0.5) is 0 Å². The summed E-state index contributed by atoms with van der Waals surface area (Å²) in [4.78, 5) is 7.99. The molecule has 0 aromatic heterocycles. The average molecular weight is 435 g/mol. The molecule has 0 bridgehead atoms. The van der Waals surface area contributed by atoms with Gasteiger partial charge in [0.25, 0.3) is 6.02 Å². The Kier molecular flexibility index (Phi) is 6.49. The van der Waals surface area contributed by atoms with E-state index < -0.39 is 0 Å². The molecule has 0 radical (unpaired) electrons. The molecule has 1 aliphatic carbocycles. The van der Waals surface area contributed by atoms with Crippen LogP contribution in [0.5, 0.6) is 5.75 Å². The summed E-state index contributed by atoms with van der Waals surface area (Å²) in [6, 6.07) is 20.3. The fourth-order valence-electron chi connectivity index (χ4n) is 4.64. The summed E-state index contributed by atoms with van der Waals surface area (Å²) in [6.07, 6.45) is 10.8. The van der Waals surface area contributed by atoms with Crippen molar-refractivity contribution in [2.24, 2.45) is 4.99 Å². The van der Waals surface area contributed by atoms with Gasteiger partial charge in [0.2, 0.25) is 0 Å². The molecule has 0 amide bonds. The van der Waals surface area contributed by atoms with E-state index in [1.54, 1.807) is 0 Å². The van der Waals surface area contributed by atoms with Crippen LogP contribution in [0.2, 0.25) is 0 Å². The van der Waals surface area contributed by atoms with Crippen molar-refractivity contribution in [3.05, 3.63) is 72.4 Å². The van der Waals surface area contributed by atoms with E-state index in [-0.39, 0.29) is 12.1 Å². The number of amidine groups is 1. The summed E-state index contributed by atoms with van der Waals surface area (Å²) in [7, 11) is 0. The molecule has 5 heteroatoms. The molecule has 0 spiro atoms. The first-order valence-electron chi connectivity index (χ1n) is 11.4. The molecule has 162 valence electrons. The fraction of sp³-hybridized carbons (Fsp3) is 0.423. The van der Waals surface area contributed by atoms with Crippen LogP contribution >= 0.6 is 11.8 Å². The van der Waals surface area contributed by atoms with Crippen LogP contribution in [-0.2, 0) is 4.74 Å². The minimum absolute atomic E-state index is 0.000830. The molecule has 0 N–H and O–H groups in total. The quantitative estimate of drug-likeness (QED) is 0.511. The summed E-state index contributed by atoms with van der Waals surface area (Å²) in [5.74, 6) is 2.62. The van der Waals surface area contributed by atoms with E-state index in [2.05, 4.69) is 70.6 Å². The Morgan fingerprint density at radius 1 is 1.00 bits per heavy atom.